The fraction of sp³-hybridized carbons (Fsp3) is 0.308. The number of nitrogens with two attached hydrogens (primary N) is 1. The Morgan fingerprint density at radius 1 is 1.33 bits per heavy atom. The van der Waals surface area contributed by atoms with Gasteiger partial charge in [-0.05, 0) is 24.6 Å². The van der Waals surface area contributed by atoms with Crippen molar-refractivity contribution in [1.82, 2.24) is 4.98 Å². The lowest BCUT2D eigenvalue weighted by Gasteiger charge is -2.11. The molecule has 0 aliphatic carbocycles. The normalized spacial score (nSPS) is 10.4. The van der Waals surface area contributed by atoms with Crippen molar-refractivity contribution < 1.29 is 9.47 Å². The smallest absolute Gasteiger partial charge is 0.162 e. The van der Waals surface area contributed by atoms with Crippen LogP contribution in [0.3, 0.4) is 0 Å². The fourth-order valence-corrected chi connectivity index (χ4v) is 2.18. The molecular weight excluding hydrogens is 248 g/mol. The molecule has 2 rings (SSSR count). The molecule has 0 spiro atoms. The maximum Gasteiger partial charge on any atom is 0.162 e. The first-order valence-electron chi connectivity index (χ1n) is 5.63. The number of benzene rings is 1. The van der Waals surface area contributed by atoms with E-state index in [1.54, 1.807) is 18.4 Å². The van der Waals surface area contributed by atoms with Crippen LogP contribution in [0.15, 0.2) is 23.6 Å². The lowest BCUT2D eigenvalue weighted by Crippen LogP contribution is -2.01. The molecule has 4 nitrogen and oxygen atoms in total. The summed E-state index contributed by atoms with van der Waals surface area (Å²) in [6.45, 7) is 2.90. The van der Waals surface area contributed by atoms with Crippen LogP contribution >= 0.6 is 11.3 Å². The Kier molecular flexibility index (Phi) is 4.17. The Labute approximate surface area is 110 Å². The van der Waals surface area contributed by atoms with Gasteiger partial charge >= 0.3 is 0 Å². The molecule has 2 aromatic rings. The summed E-state index contributed by atoms with van der Waals surface area (Å²) in [4.78, 5) is 4.35. The van der Waals surface area contributed by atoms with Gasteiger partial charge in [0.15, 0.2) is 11.5 Å². The number of aromatic nitrogens is 1. The second-order valence-corrected chi connectivity index (χ2v) is 4.90. The molecule has 0 aliphatic rings. The van der Waals surface area contributed by atoms with Crippen LogP contribution in [0.1, 0.15) is 16.3 Å². The Bertz CT molecular complexity index is 525. The predicted molar refractivity (Wildman–Crippen MR) is 72.1 cm³/mol. The minimum atomic E-state index is 0.439. The van der Waals surface area contributed by atoms with E-state index in [0.29, 0.717) is 24.7 Å². The summed E-state index contributed by atoms with van der Waals surface area (Å²) in [7, 11) is 1.62. The van der Waals surface area contributed by atoms with Gasteiger partial charge < -0.3 is 15.2 Å². The first-order valence-corrected chi connectivity index (χ1v) is 6.51. The van der Waals surface area contributed by atoms with E-state index in [1.165, 1.54) is 0 Å². The Morgan fingerprint density at radius 2 is 2.17 bits per heavy atom. The summed E-state index contributed by atoms with van der Waals surface area (Å²) in [5.74, 6) is 1.41. The summed E-state index contributed by atoms with van der Waals surface area (Å²) < 4.78 is 11.0. The zero-order chi connectivity index (χ0) is 13.0. The van der Waals surface area contributed by atoms with Gasteiger partial charge in [0.25, 0.3) is 0 Å². The SMILES string of the molecule is COc1ccc(CN)cc1OCc1csc(C)n1. The quantitative estimate of drug-likeness (QED) is 0.901. The third kappa shape index (κ3) is 3.00. The minimum Gasteiger partial charge on any atom is -0.493 e. The van der Waals surface area contributed by atoms with E-state index in [2.05, 4.69) is 4.98 Å². The molecular formula is C13H16N2O2S. The second kappa shape index (κ2) is 5.84. The van der Waals surface area contributed by atoms with E-state index >= 15 is 0 Å². The molecule has 0 bridgehead atoms. The molecule has 1 heterocycles. The highest BCUT2D eigenvalue weighted by Crippen LogP contribution is 2.28. The molecule has 5 heteroatoms. The number of methoxy groups -OCH3 is 1. The van der Waals surface area contributed by atoms with Crippen LogP contribution in [0.2, 0.25) is 0 Å². The van der Waals surface area contributed by atoms with Crippen LogP contribution < -0.4 is 15.2 Å². The average Bonchev–Trinajstić information content (AvgIpc) is 2.81. The van der Waals surface area contributed by atoms with E-state index in [1.807, 2.05) is 30.5 Å². The van der Waals surface area contributed by atoms with Gasteiger partial charge in [-0.1, -0.05) is 6.07 Å². The molecule has 0 saturated heterocycles. The molecule has 0 saturated carbocycles. The van der Waals surface area contributed by atoms with Crippen molar-refractivity contribution in [3.8, 4) is 11.5 Å². The maximum absolute atomic E-state index is 5.73. The minimum absolute atomic E-state index is 0.439. The molecule has 96 valence electrons. The zero-order valence-electron chi connectivity index (χ0n) is 10.5. The number of nitrogens with zero attached hydrogens (tertiary/aromatic N) is 1. The molecule has 0 atom stereocenters. The van der Waals surface area contributed by atoms with Crippen LogP contribution in [0.25, 0.3) is 0 Å². The molecule has 2 N–H and O–H groups in total. The summed E-state index contributed by atoms with van der Waals surface area (Å²) in [6.07, 6.45) is 0. The number of rotatable bonds is 5. The maximum atomic E-state index is 5.73. The van der Waals surface area contributed by atoms with Crippen molar-refractivity contribution in [1.29, 1.82) is 0 Å². The summed E-state index contributed by atoms with van der Waals surface area (Å²) in [6, 6.07) is 5.70. The summed E-state index contributed by atoms with van der Waals surface area (Å²) in [5.41, 5.74) is 7.56. The Balaban J connectivity index is 2.11. The van der Waals surface area contributed by atoms with Crippen molar-refractivity contribution in [2.24, 2.45) is 5.73 Å². The number of hydrogen-bond acceptors (Lipinski definition) is 5. The van der Waals surface area contributed by atoms with Gasteiger partial charge in [-0.2, -0.15) is 0 Å². The molecule has 1 aromatic carbocycles. The first-order chi connectivity index (χ1) is 8.72. The average molecular weight is 264 g/mol. The highest BCUT2D eigenvalue weighted by molar-refractivity contribution is 7.09. The summed E-state index contributed by atoms with van der Waals surface area (Å²) >= 11 is 1.61. The monoisotopic (exact) mass is 264 g/mol. The second-order valence-electron chi connectivity index (χ2n) is 3.84. The highest BCUT2D eigenvalue weighted by Gasteiger charge is 2.07. The molecule has 0 fully saturated rings. The fourth-order valence-electron chi connectivity index (χ4n) is 1.59. The van der Waals surface area contributed by atoms with Gasteiger partial charge in [-0.15, -0.1) is 11.3 Å². The standard InChI is InChI=1S/C13H16N2O2S/c1-9-15-11(8-18-9)7-17-13-5-10(6-14)3-4-12(13)16-2/h3-5,8H,6-7,14H2,1-2H3. The lowest BCUT2D eigenvalue weighted by atomic mass is 10.2. The van der Waals surface area contributed by atoms with E-state index in [0.717, 1.165) is 16.3 Å². The van der Waals surface area contributed by atoms with E-state index in [9.17, 15) is 0 Å². The third-order valence-corrected chi connectivity index (χ3v) is 3.33. The molecule has 0 unspecified atom stereocenters. The van der Waals surface area contributed by atoms with E-state index in [-0.39, 0.29) is 0 Å². The molecule has 0 radical (unpaired) electrons. The predicted octanol–water partition coefficient (Wildman–Crippen LogP) is 2.50. The number of thiazole rings is 1. The van der Waals surface area contributed by atoms with Gasteiger partial charge in [0.05, 0.1) is 17.8 Å². The van der Waals surface area contributed by atoms with Gasteiger partial charge in [0.1, 0.15) is 6.61 Å². The topological polar surface area (TPSA) is 57.4 Å². The van der Waals surface area contributed by atoms with Gasteiger partial charge in [-0.3, -0.25) is 0 Å². The highest BCUT2D eigenvalue weighted by atomic mass is 32.1. The van der Waals surface area contributed by atoms with Crippen LogP contribution in [-0.2, 0) is 13.2 Å². The van der Waals surface area contributed by atoms with Gasteiger partial charge in [-0.25, -0.2) is 4.98 Å². The molecule has 1 aromatic heterocycles. The van der Waals surface area contributed by atoms with Crippen LogP contribution in [0, 0.1) is 6.92 Å². The number of hydrogen-bond donors (Lipinski definition) is 1. The van der Waals surface area contributed by atoms with Crippen molar-refractivity contribution in [2.75, 3.05) is 7.11 Å². The van der Waals surface area contributed by atoms with E-state index < -0.39 is 0 Å². The van der Waals surface area contributed by atoms with Crippen molar-refractivity contribution in [3.63, 3.8) is 0 Å². The third-order valence-electron chi connectivity index (χ3n) is 2.51. The molecule has 0 aliphatic heterocycles. The first kappa shape index (κ1) is 12.9. The number of ether oxygens (including phenoxy) is 2. The number of aryl methyl sites for hydroxylation is 1. The molecule has 18 heavy (non-hydrogen) atoms. The Hall–Kier alpha value is -1.59. The van der Waals surface area contributed by atoms with Crippen LogP contribution in [0.4, 0.5) is 0 Å². The van der Waals surface area contributed by atoms with Crippen molar-refractivity contribution in [3.05, 3.63) is 39.8 Å². The summed E-state index contributed by atoms with van der Waals surface area (Å²) in [5, 5.41) is 3.03. The Morgan fingerprint density at radius 3 is 2.78 bits per heavy atom. The van der Waals surface area contributed by atoms with Crippen molar-refractivity contribution >= 4 is 11.3 Å². The van der Waals surface area contributed by atoms with Crippen LogP contribution in [0.5, 0.6) is 11.5 Å². The zero-order valence-corrected chi connectivity index (χ0v) is 11.3. The van der Waals surface area contributed by atoms with Gasteiger partial charge in [0.2, 0.25) is 0 Å². The lowest BCUT2D eigenvalue weighted by molar-refractivity contribution is 0.281. The van der Waals surface area contributed by atoms with Gasteiger partial charge in [0, 0.05) is 11.9 Å². The van der Waals surface area contributed by atoms with Crippen LogP contribution in [-0.4, -0.2) is 12.1 Å². The molecule has 0 amide bonds. The largest absolute Gasteiger partial charge is 0.493 e. The van der Waals surface area contributed by atoms with Crippen molar-refractivity contribution in [2.45, 2.75) is 20.1 Å². The van der Waals surface area contributed by atoms with E-state index in [4.69, 9.17) is 15.2 Å².